The van der Waals surface area contributed by atoms with Crippen molar-refractivity contribution < 1.29 is 0 Å². The molecular formula is C23H29N. The summed E-state index contributed by atoms with van der Waals surface area (Å²) in [6.45, 7) is 13.0. The number of anilines is 1. The lowest BCUT2D eigenvalue weighted by molar-refractivity contribution is 1.20. The average molecular weight is 319 g/mol. The van der Waals surface area contributed by atoms with Crippen LogP contribution < -0.4 is 5.32 Å². The van der Waals surface area contributed by atoms with Crippen LogP contribution in [0, 0.1) is 27.7 Å². The molecule has 0 saturated heterocycles. The van der Waals surface area contributed by atoms with Gasteiger partial charge in [0.2, 0.25) is 0 Å². The van der Waals surface area contributed by atoms with Crippen molar-refractivity contribution in [1.82, 2.24) is 0 Å². The predicted octanol–water partition coefficient (Wildman–Crippen LogP) is 6.73. The standard InChI is InChI=1S/C23H29N/c1-7-8-17(3)15-23(24-21-11-9-16(2)10-12-21)22-14-18(4)13-19(5)20(22)6/h8-15,24H,7H2,1-6H3/b17-8+,23-15+. The van der Waals surface area contributed by atoms with Crippen LogP contribution >= 0.6 is 0 Å². The highest BCUT2D eigenvalue weighted by atomic mass is 14.9. The van der Waals surface area contributed by atoms with E-state index in [-0.39, 0.29) is 0 Å². The van der Waals surface area contributed by atoms with E-state index in [9.17, 15) is 0 Å². The van der Waals surface area contributed by atoms with E-state index in [4.69, 9.17) is 0 Å². The zero-order valence-electron chi connectivity index (χ0n) is 15.8. The molecule has 0 amide bonds. The summed E-state index contributed by atoms with van der Waals surface area (Å²) >= 11 is 0. The number of benzene rings is 2. The summed E-state index contributed by atoms with van der Waals surface area (Å²) in [5, 5.41) is 3.63. The topological polar surface area (TPSA) is 12.0 Å². The predicted molar refractivity (Wildman–Crippen MR) is 107 cm³/mol. The molecule has 0 spiro atoms. The highest BCUT2D eigenvalue weighted by Crippen LogP contribution is 2.26. The van der Waals surface area contributed by atoms with Crippen LogP contribution in [-0.4, -0.2) is 0 Å². The number of aryl methyl sites for hydroxylation is 3. The van der Waals surface area contributed by atoms with Crippen molar-refractivity contribution >= 4 is 11.4 Å². The molecule has 1 nitrogen and oxygen atoms in total. The van der Waals surface area contributed by atoms with E-state index in [2.05, 4.69) is 95.4 Å². The number of rotatable bonds is 5. The zero-order chi connectivity index (χ0) is 17.7. The molecule has 0 aliphatic carbocycles. The van der Waals surface area contributed by atoms with Crippen LogP contribution in [0.2, 0.25) is 0 Å². The molecule has 0 bridgehead atoms. The smallest absolute Gasteiger partial charge is 0.0463 e. The second-order valence-corrected chi connectivity index (χ2v) is 6.66. The number of nitrogens with one attached hydrogen (secondary N) is 1. The summed E-state index contributed by atoms with van der Waals surface area (Å²) in [5.74, 6) is 0. The van der Waals surface area contributed by atoms with Gasteiger partial charge in [-0.25, -0.2) is 0 Å². The number of allylic oxidation sites excluding steroid dienone is 3. The molecule has 0 aliphatic rings. The first-order valence-electron chi connectivity index (χ1n) is 8.71. The summed E-state index contributed by atoms with van der Waals surface area (Å²) < 4.78 is 0. The first kappa shape index (κ1) is 18.1. The van der Waals surface area contributed by atoms with Gasteiger partial charge in [-0.05, 0) is 76.4 Å². The Kier molecular flexibility index (Phi) is 6.03. The molecule has 1 heteroatoms. The first-order chi connectivity index (χ1) is 11.4. The van der Waals surface area contributed by atoms with Gasteiger partial charge in [-0.1, -0.05) is 47.9 Å². The van der Waals surface area contributed by atoms with Gasteiger partial charge in [-0.15, -0.1) is 0 Å². The van der Waals surface area contributed by atoms with E-state index in [0.717, 1.165) is 17.8 Å². The van der Waals surface area contributed by atoms with Crippen LogP contribution in [-0.2, 0) is 0 Å². The monoisotopic (exact) mass is 319 g/mol. The molecule has 0 fully saturated rings. The molecule has 0 aliphatic heterocycles. The lowest BCUT2D eigenvalue weighted by Crippen LogP contribution is -2.03. The van der Waals surface area contributed by atoms with Crippen molar-refractivity contribution in [2.75, 3.05) is 5.32 Å². The van der Waals surface area contributed by atoms with Gasteiger partial charge in [0.1, 0.15) is 0 Å². The third-order valence-electron chi connectivity index (χ3n) is 4.33. The van der Waals surface area contributed by atoms with Crippen molar-refractivity contribution in [3.05, 3.63) is 81.9 Å². The van der Waals surface area contributed by atoms with E-state index in [1.807, 2.05) is 0 Å². The Bertz CT molecular complexity index is 761. The van der Waals surface area contributed by atoms with Crippen molar-refractivity contribution in [2.24, 2.45) is 0 Å². The highest BCUT2D eigenvalue weighted by Gasteiger charge is 2.09. The van der Waals surface area contributed by atoms with E-state index < -0.39 is 0 Å². The summed E-state index contributed by atoms with van der Waals surface area (Å²) in [6, 6.07) is 13.1. The fourth-order valence-corrected chi connectivity index (χ4v) is 2.90. The van der Waals surface area contributed by atoms with Gasteiger partial charge >= 0.3 is 0 Å². The molecule has 2 rings (SSSR count). The molecule has 0 unspecified atom stereocenters. The SMILES string of the molecule is CC/C=C(C)/C=C(/Nc1ccc(C)cc1)c1cc(C)cc(C)c1C. The van der Waals surface area contributed by atoms with E-state index in [1.54, 1.807) is 0 Å². The van der Waals surface area contributed by atoms with Crippen molar-refractivity contribution in [3.8, 4) is 0 Å². The van der Waals surface area contributed by atoms with E-state index >= 15 is 0 Å². The Labute approximate surface area is 147 Å². The first-order valence-corrected chi connectivity index (χ1v) is 8.71. The third-order valence-corrected chi connectivity index (χ3v) is 4.33. The lowest BCUT2D eigenvalue weighted by Gasteiger charge is -2.17. The van der Waals surface area contributed by atoms with Gasteiger partial charge in [0, 0.05) is 16.9 Å². The molecule has 126 valence electrons. The molecule has 24 heavy (non-hydrogen) atoms. The quantitative estimate of drug-likeness (QED) is 0.602. The Balaban J connectivity index is 2.51. The van der Waals surface area contributed by atoms with Crippen LogP contribution in [0.1, 0.15) is 48.1 Å². The normalized spacial score (nSPS) is 12.4. The van der Waals surface area contributed by atoms with Crippen LogP contribution in [0.25, 0.3) is 5.70 Å². The second-order valence-electron chi connectivity index (χ2n) is 6.66. The molecular weight excluding hydrogens is 290 g/mol. The molecule has 0 aromatic heterocycles. The average Bonchev–Trinajstić information content (AvgIpc) is 2.52. The van der Waals surface area contributed by atoms with E-state index in [1.165, 1.54) is 33.4 Å². The largest absolute Gasteiger partial charge is 0.355 e. The van der Waals surface area contributed by atoms with Crippen molar-refractivity contribution in [3.63, 3.8) is 0 Å². The Hall–Kier alpha value is -2.28. The number of hydrogen-bond donors (Lipinski definition) is 1. The third kappa shape index (κ3) is 4.61. The fourth-order valence-electron chi connectivity index (χ4n) is 2.90. The van der Waals surface area contributed by atoms with Gasteiger partial charge in [0.15, 0.2) is 0 Å². The van der Waals surface area contributed by atoms with Gasteiger partial charge in [0.25, 0.3) is 0 Å². The maximum atomic E-state index is 3.63. The Morgan fingerprint density at radius 2 is 1.62 bits per heavy atom. The molecule has 2 aromatic carbocycles. The molecule has 0 atom stereocenters. The molecule has 0 saturated carbocycles. The summed E-state index contributed by atoms with van der Waals surface area (Å²) in [7, 11) is 0. The maximum absolute atomic E-state index is 3.63. The lowest BCUT2D eigenvalue weighted by atomic mass is 9.96. The maximum Gasteiger partial charge on any atom is 0.0463 e. The van der Waals surface area contributed by atoms with Crippen molar-refractivity contribution in [1.29, 1.82) is 0 Å². The zero-order valence-corrected chi connectivity index (χ0v) is 15.8. The van der Waals surface area contributed by atoms with Crippen molar-refractivity contribution in [2.45, 2.75) is 48.0 Å². The fraction of sp³-hybridized carbons (Fsp3) is 0.304. The minimum absolute atomic E-state index is 1.05. The molecule has 1 N–H and O–H groups in total. The van der Waals surface area contributed by atoms with Gasteiger partial charge in [0.05, 0.1) is 0 Å². The Morgan fingerprint density at radius 1 is 0.958 bits per heavy atom. The van der Waals surface area contributed by atoms with Gasteiger partial charge in [-0.3, -0.25) is 0 Å². The number of hydrogen-bond acceptors (Lipinski definition) is 1. The molecule has 0 heterocycles. The molecule has 2 aromatic rings. The highest BCUT2D eigenvalue weighted by molar-refractivity contribution is 5.80. The van der Waals surface area contributed by atoms with E-state index in [0.29, 0.717) is 0 Å². The second kappa shape index (κ2) is 8.01. The minimum Gasteiger partial charge on any atom is -0.355 e. The van der Waals surface area contributed by atoms with Crippen LogP contribution in [0.15, 0.2) is 54.1 Å². The van der Waals surface area contributed by atoms with Gasteiger partial charge in [-0.2, -0.15) is 0 Å². The minimum atomic E-state index is 1.05. The van der Waals surface area contributed by atoms with Gasteiger partial charge < -0.3 is 5.32 Å². The molecule has 0 radical (unpaired) electrons. The Morgan fingerprint density at radius 3 is 2.25 bits per heavy atom. The van der Waals surface area contributed by atoms with Crippen LogP contribution in [0.5, 0.6) is 0 Å². The summed E-state index contributed by atoms with van der Waals surface area (Å²) in [4.78, 5) is 0. The van der Waals surface area contributed by atoms with Crippen LogP contribution in [0.4, 0.5) is 5.69 Å². The summed E-state index contributed by atoms with van der Waals surface area (Å²) in [5.41, 5.74) is 10.1. The summed E-state index contributed by atoms with van der Waals surface area (Å²) in [6.07, 6.45) is 5.56. The van der Waals surface area contributed by atoms with Crippen LogP contribution in [0.3, 0.4) is 0 Å².